The smallest absolute Gasteiger partial charge is 0.227 e. The minimum atomic E-state index is -0.137. The fourth-order valence-corrected chi connectivity index (χ4v) is 4.13. The summed E-state index contributed by atoms with van der Waals surface area (Å²) < 4.78 is 1.02. The summed E-state index contributed by atoms with van der Waals surface area (Å²) in [5.74, 6) is 1.62. The predicted octanol–water partition coefficient (Wildman–Crippen LogP) is 5.15. The van der Waals surface area contributed by atoms with Crippen LogP contribution in [-0.2, 0) is 9.59 Å². The molecular weight excluding hydrogens is 480 g/mol. The van der Waals surface area contributed by atoms with E-state index in [1.54, 1.807) is 6.34 Å². The van der Waals surface area contributed by atoms with Gasteiger partial charge in [0.25, 0.3) is 0 Å². The van der Waals surface area contributed by atoms with Crippen LogP contribution in [0.3, 0.4) is 0 Å². The average Bonchev–Trinajstić information content (AvgIpc) is 3.66. The summed E-state index contributed by atoms with van der Waals surface area (Å²) in [6.45, 7) is 12.5. The molecule has 1 amide bonds. The minimum absolute atomic E-state index is 0.0292. The molecule has 1 N–H and O–H groups in total. The quantitative estimate of drug-likeness (QED) is 0.269. The molecule has 0 bridgehead atoms. The zero-order chi connectivity index (χ0) is 24.4. The zero-order valence-corrected chi connectivity index (χ0v) is 22.5. The highest BCUT2D eigenvalue weighted by Gasteiger charge is 2.32. The molecule has 0 heterocycles. The number of carbonyl (C=O) groups excluding carboxylic acids is 2. The number of halogens is 1. The Hall–Kier alpha value is -1.76. The molecule has 0 aromatic carbocycles. The van der Waals surface area contributed by atoms with Gasteiger partial charge in [-0.15, -0.1) is 0 Å². The highest BCUT2D eigenvalue weighted by Crippen LogP contribution is 2.33. The van der Waals surface area contributed by atoms with Crippen molar-refractivity contribution in [1.82, 2.24) is 10.2 Å². The van der Waals surface area contributed by atoms with E-state index < -0.39 is 0 Å². The van der Waals surface area contributed by atoms with Crippen LogP contribution >= 0.6 is 15.9 Å². The normalized spacial score (nSPS) is 21.5. The molecule has 2 aliphatic carbocycles. The topological polar surface area (TPSA) is 74.1 Å². The van der Waals surface area contributed by atoms with Crippen molar-refractivity contribution in [3.63, 3.8) is 0 Å². The maximum absolute atomic E-state index is 12.6. The first-order chi connectivity index (χ1) is 15.8. The van der Waals surface area contributed by atoms with E-state index in [9.17, 15) is 9.59 Å². The molecule has 4 atom stereocenters. The molecule has 0 radical (unpaired) electrons. The van der Waals surface area contributed by atoms with Crippen LogP contribution in [0.2, 0.25) is 0 Å². The van der Waals surface area contributed by atoms with Gasteiger partial charge >= 0.3 is 0 Å². The van der Waals surface area contributed by atoms with Crippen LogP contribution in [0.5, 0.6) is 0 Å². The van der Waals surface area contributed by atoms with Gasteiger partial charge in [0.1, 0.15) is 18.0 Å². The molecule has 0 spiro atoms. The van der Waals surface area contributed by atoms with Gasteiger partial charge in [0.05, 0.1) is 5.92 Å². The van der Waals surface area contributed by atoms with Gasteiger partial charge in [-0.05, 0) is 46.0 Å². The standard InChI is InChI=1S/C26H41BrN4O2/c1-6-20(5)29-17-30-25(31(7-2)15-14-18(3)24(32)21-8-9-21)19(4)16-28-26(33)22-10-12-23(27)13-11-22/h10,12-13,17-22H,6-9,11,14-16H2,1-5H3,(H,28,33). The minimum Gasteiger partial charge on any atom is -0.360 e. The van der Waals surface area contributed by atoms with Gasteiger partial charge in [-0.25, -0.2) is 4.99 Å². The lowest BCUT2D eigenvalue weighted by Gasteiger charge is -2.29. The molecule has 1 fully saturated rings. The Balaban J connectivity index is 2.02. The average molecular weight is 522 g/mol. The molecular formula is C26H41BrN4O2. The lowest BCUT2D eigenvalue weighted by molar-refractivity contribution is -0.124. The number of ketones is 1. The number of allylic oxidation sites excluding steroid dienone is 3. The molecule has 184 valence electrons. The van der Waals surface area contributed by atoms with Crippen LogP contribution in [-0.4, -0.2) is 54.4 Å². The Labute approximate surface area is 208 Å². The van der Waals surface area contributed by atoms with Gasteiger partial charge in [0, 0.05) is 47.9 Å². The van der Waals surface area contributed by atoms with Gasteiger partial charge < -0.3 is 10.2 Å². The monoisotopic (exact) mass is 520 g/mol. The second kappa shape index (κ2) is 13.8. The largest absolute Gasteiger partial charge is 0.360 e. The van der Waals surface area contributed by atoms with Crippen LogP contribution in [0.15, 0.2) is 32.7 Å². The van der Waals surface area contributed by atoms with E-state index in [2.05, 4.69) is 58.8 Å². The second-order valence-electron chi connectivity index (χ2n) is 9.39. The summed E-state index contributed by atoms with van der Waals surface area (Å²) in [5, 5.41) is 3.10. The van der Waals surface area contributed by atoms with E-state index >= 15 is 0 Å². The van der Waals surface area contributed by atoms with Crippen LogP contribution < -0.4 is 5.32 Å². The third-order valence-electron chi connectivity index (χ3n) is 6.52. The van der Waals surface area contributed by atoms with Gasteiger partial charge in [0.15, 0.2) is 0 Å². The van der Waals surface area contributed by atoms with E-state index in [0.717, 1.165) is 49.1 Å². The summed E-state index contributed by atoms with van der Waals surface area (Å²) in [6.07, 6.45) is 12.1. The predicted molar refractivity (Wildman–Crippen MR) is 141 cm³/mol. The van der Waals surface area contributed by atoms with E-state index in [1.807, 2.05) is 25.2 Å². The van der Waals surface area contributed by atoms with Crippen molar-refractivity contribution >= 4 is 39.8 Å². The number of amidine groups is 1. The molecule has 33 heavy (non-hydrogen) atoms. The van der Waals surface area contributed by atoms with Crippen LogP contribution in [0.25, 0.3) is 0 Å². The number of Topliss-reactive ketones (excluding diaryl/α,β-unsaturated/α-hetero) is 1. The highest BCUT2D eigenvalue weighted by molar-refractivity contribution is 9.11. The van der Waals surface area contributed by atoms with Crippen molar-refractivity contribution in [2.24, 2.45) is 33.7 Å². The summed E-state index contributed by atoms with van der Waals surface area (Å²) in [7, 11) is 0. The first-order valence-electron chi connectivity index (χ1n) is 12.5. The molecule has 4 unspecified atom stereocenters. The first-order valence-corrected chi connectivity index (χ1v) is 13.3. The molecule has 0 saturated heterocycles. The molecule has 0 aromatic heterocycles. The van der Waals surface area contributed by atoms with E-state index in [1.165, 1.54) is 0 Å². The number of nitrogens with zero attached hydrogens (tertiary/aromatic N) is 3. The molecule has 0 aliphatic heterocycles. The van der Waals surface area contributed by atoms with E-state index in [-0.39, 0.29) is 29.7 Å². The number of aliphatic imine (C=N–C) groups is 2. The fourth-order valence-electron chi connectivity index (χ4n) is 3.79. The number of amides is 1. The number of hydrogen-bond acceptors (Lipinski definition) is 3. The van der Waals surface area contributed by atoms with Crippen molar-refractivity contribution in [2.75, 3.05) is 19.6 Å². The summed E-state index contributed by atoms with van der Waals surface area (Å²) in [5.41, 5.74) is 0. The molecule has 1 saturated carbocycles. The Bertz CT molecular complexity index is 785. The number of rotatable bonds is 13. The summed E-state index contributed by atoms with van der Waals surface area (Å²) in [6, 6.07) is 0.224. The lowest BCUT2D eigenvalue weighted by atomic mass is 9.98. The summed E-state index contributed by atoms with van der Waals surface area (Å²) in [4.78, 5) is 36.5. The lowest BCUT2D eigenvalue weighted by Crippen LogP contribution is -2.42. The van der Waals surface area contributed by atoms with Crippen molar-refractivity contribution in [3.8, 4) is 0 Å². The number of nitrogens with one attached hydrogen (secondary N) is 1. The van der Waals surface area contributed by atoms with Gasteiger partial charge in [-0.3, -0.25) is 14.6 Å². The molecule has 0 aromatic rings. The summed E-state index contributed by atoms with van der Waals surface area (Å²) >= 11 is 3.44. The van der Waals surface area contributed by atoms with Crippen molar-refractivity contribution < 1.29 is 9.59 Å². The first kappa shape index (κ1) is 27.5. The van der Waals surface area contributed by atoms with Gasteiger partial charge in [-0.1, -0.05) is 54.9 Å². The SMILES string of the molecule is CCC(C)N=CN=C(C(C)CNC(=O)C1C=CC(Br)=CC1)N(CC)CCC(C)C(=O)C1CC1. The maximum atomic E-state index is 12.6. The zero-order valence-electron chi connectivity index (χ0n) is 20.9. The van der Waals surface area contributed by atoms with Crippen molar-refractivity contribution in [2.45, 2.75) is 72.8 Å². The Morgan fingerprint density at radius 1 is 1.24 bits per heavy atom. The Morgan fingerprint density at radius 2 is 1.97 bits per heavy atom. The van der Waals surface area contributed by atoms with Crippen LogP contribution in [0, 0.1) is 23.7 Å². The maximum Gasteiger partial charge on any atom is 0.227 e. The number of hydrogen-bond donors (Lipinski definition) is 1. The van der Waals surface area contributed by atoms with Gasteiger partial charge in [-0.2, -0.15) is 0 Å². The van der Waals surface area contributed by atoms with E-state index in [0.29, 0.717) is 24.7 Å². The fraction of sp³-hybridized carbons (Fsp3) is 0.692. The van der Waals surface area contributed by atoms with Crippen LogP contribution in [0.4, 0.5) is 0 Å². The van der Waals surface area contributed by atoms with E-state index in [4.69, 9.17) is 4.99 Å². The van der Waals surface area contributed by atoms with Crippen molar-refractivity contribution in [1.29, 1.82) is 0 Å². The molecule has 2 aliphatic rings. The molecule has 7 heteroatoms. The Morgan fingerprint density at radius 3 is 2.55 bits per heavy atom. The van der Waals surface area contributed by atoms with Crippen LogP contribution in [0.1, 0.15) is 66.7 Å². The highest BCUT2D eigenvalue weighted by atomic mass is 79.9. The second-order valence-corrected chi connectivity index (χ2v) is 10.3. The number of carbonyl (C=O) groups is 2. The molecule has 6 nitrogen and oxygen atoms in total. The molecule has 2 rings (SSSR count). The van der Waals surface area contributed by atoms with Gasteiger partial charge in [0.2, 0.25) is 5.91 Å². The Kier molecular flexibility index (Phi) is 11.5. The third kappa shape index (κ3) is 9.19. The third-order valence-corrected chi connectivity index (χ3v) is 7.11. The van der Waals surface area contributed by atoms with Crippen molar-refractivity contribution in [3.05, 3.63) is 22.7 Å².